The Hall–Kier alpha value is -2.38. The van der Waals surface area contributed by atoms with Gasteiger partial charge in [-0.2, -0.15) is 0 Å². The minimum Gasteiger partial charge on any atom is -0.364 e. The standard InChI is InChI=1S/C20H21N3O6S3/c24-19(11-29-12-20-22-17-3-1-2-4-18(17)30-20)21-14-5-7-16(8-6-14)32(27,28)23-15-9-10-31(25,26)13-15/h1-8,15,23H,9-13H2,(H,21,24)/t15-/m1/s1. The molecule has 0 spiro atoms. The maximum absolute atomic E-state index is 12.5. The number of rotatable bonds is 8. The molecule has 1 aliphatic heterocycles. The van der Waals surface area contributed by atoms with Crippen molar-refractivity contribution >= 4 is 53.0 Å². The molecule has 170 valence electrons. The molecule has 4 rings (SSSR count). The Morgan fingerprint density at radius 3 is 2.59 bits per heavy atom. The van der Waals surface area contributed by atoms with Crippen molar-refractivity contribution in [2.45, 2.75) is 24.0 Å². The highest BCUT2D eigenvalue weighted by Crippen LogP contribution is 2.22. The second-order valence-electron chi connectivity index (χ2n) is 7.36. The molecular formula is C20H21N3O6S3. The minimum atomic E-state index is -3.85. The van der Waals surface area contributed by atoms with Gasteiger partial charge in [0.2, 0.25) is 15.9 Å². The number of aromatic nitrogens is 1. The third-order valence-corrected chi connectivity index (χ3v) is 9.11. The molecule has 1 saturated heterocycles. The van der Waals surface area contributed by atoms with Gasteiger partial charge in [0, 0.05) is 11.7 Å². The number of fused-ring (bicyclic) bond motifs is 1. The van der Waals surface area contributed by atoms with Crippen LogP contribution in [0.15, 0.2) is 53.4 Å². The van der Waals surface area contributed by atoms with Crippen molar-refractivity contribution in [3.05, 3.63) is 53.5 Å². The minimum absolute atomic E-state index is 0.00752. The summed E-state index contributed by atoms with van der Waals surface area (Å²) in [6.45, 7) is 0.0419. The fraction of sp³-hybridized carbons (Fsp3) is 0.300. The van der Waals surface area contributed by atoms with E-state index in [4.69, 9.17) is 4.74 Å². The van der Waals surface area contributed by atoms with E-state index in [-0.39, 0.29) is 41.9 Å². The number of hydrogen-bond donors (Lipinski definition) is 2. The summed E-state index contributed by atoms with van der Waals surface area (Å²) in [6.07, 6.45) is 0.257. The number of sulfone groups is 1. The van der Waals surface area contributed by atoms with Crippen molar-refractivity contribution in [3.63, 3.8) is 0 Å². The fourth-order valence-corrected chi connectivity index (χ4v) is 7.26. The number of ether oxygens (including phenoxy) is 1. The number of carbonyl (C=O) groups is 1. The van der Waals surface area contributed by atoms with E-state index in [1.165, 1.54) is 35.6 Å². The van der Waals surface area contributed by atoms with Crippen LogP contribution in [-0.2, 0) is 36.0 Å². The van der Waals surface area contributed by atoms with Crippen LogP contribution in [0.4, 0.5) is 5.69 Å². The molecule has 1 fully saturated rings. The van der Waals surface area contributed by atoms with Crippen molar-refractivity contribution in [2.24, 2.45) is 0 Å². The number of amides is 1. The number of thiazole rings is 1. The molecule has 0 bridgehead atoms. The number of hydrogen-bond acceptors (Lipinski definition) is 8. The van der Waals surface area contributed by atoms with Gasteiger partial charge < -0.3 is 10.1 Å². The lowest BCUT2D eigenvalue weighted by Crippen LogP contribution is -2.35. The van der Waals surface area contributed by atoms with Crippen LogP contribution in [0, 0.1) is 0 Å². The van der Waals surface area contributed by atoms with Crippen molar-refractivity contribution < 1.29 is 26.4 Å². The van der Waals surface area contributed by atoms with Crippen molar-refractivity contribution in [2.75, 3.05) is 23.4 Å². The van der Waals surface area contributed by atoms with Gasteiger partial charge in [-0.25, -0.2) is 26.5 Å². The number of sulfonamides is 1. The Morgan fingerprint density at radius 2 is 1.91 bits per heavy atom. The summed E-state index contributed by atoms with van der Waals surface area (Å²) in [5, 5.41) is 3.42. The van der Waals surface area contributed by atoms with Crippen LogP contribution in [0.3, 0.4) is 0 Å². The Balaban J connectivity index is 1.27. The SMILES string of the molecule is O=C(COCc1nc2ccccc2s1)Nc1ccc(S(=O)(=O)N[C@@H]2CCS(=O)(=O)C2)cc1. The fourth-order valence-electron chi connectivity index (χ4n) is 3.30. The molecule has 0 radical (unpaired) electrons. The predicted octanol–water partition coefficient (Wildman–Crippen LogP) is 1.92. The van der Waals surface area contributed by atoms with Crippen molar-refractivity contribution in [3.8, 4) is 0 Å². The maximum Gasteiger partial charge on any atom is 0.250 e. The van der Waals surface area contributed by atoms with Gasteiger partial charge in [-0.3, -0.25) is 4.79 Å². The molecular weight excluding hydrogens is 474 g/mol. The maximum atomic E-state index is 12.5. The lowest BCUT2D eigenvalue weighted by atomic mass is 10.3. The van der Waals surface area contributed by atoms with E-state index in [9.17, 15) is 21.6 Å². The molecule has 0 unspecified atom stereocenters. The molecule has 1 aliphatic rings. The first-order valence-electron chi connectivity index (χ1n) is 9.75. The summed E-state index contributed by atoms with van der Waals surface area (Å²) in [6, 6.07) is 12.7. The normalized spacial score (nSPS) is 18.1. The largest absolute Gasteiger partial charge is 0.364 e. The number of benzene rings is 2. The number of carbonyl (C=O) groups excluding carboxylic acids is 1. The Labute approximate surface area is 189 Å². The van der Waals surface area contributed by atoms with Crippen LogP contribution < -0.4 is 10.0 Å². The topological polar surface area (TPSA) is 132 Å². The summed E-state index contributed by atoms with van der Waals surface area (Å²) in [5.74, 6) is -0.597. The second kappa shape index (κ2) is 9.24. The molecule has 2 N–H and O–H groups in total. The molecule has 3 aromatic rings. The van der Waals surface area contributed by atoms with Crippen LogP contribution in [0.1, 0.15) is 11.4 Å². The molecule has 9 nitrogen and oxygen atoms in total. The Morgan fingerprint density at radius 1 is 1.16 bits per heavy atom. The third kappa shape index (κ3) is 5.70. The summed E-state index contributed by atoms with van der Waals surface area (Å²) in [4.78, 5) is 16.5. The number of anilines is 1. The third-order valence-electron chi connectivity index (χ3n) is 4.80. The number of nitrogens with zero attached hydrogens (tertiary/aromatic N) is 1. The lowest BCUT2D eigenvalue weighted by Gasteiger charge is -2.12. The molecule has 2 aromatic carbocycles. The smallest absolute Gasteiger partial charge is 0.250 e. The first-order chi connectivity index (χ1) is 15.2. The first-order valence-corrected chi connectivity index (χ1v) is 13.9. The van der Waals surface area contributed by atoms with Crippen LogP contribution >= 0.6 is 11.3 Å². The first kappa shape index (κ1) is 22.8. The van der Waals surface area contributed by atoms with Gasteiger partial charge in [-0.1, -0.05) is 12.1 Å². The molecule has 0 aliphatic carbocycles. The summed E-state index contributed by atoms with van der Waals surface area (Å²) in [5.41, 5.74) is 1.31. The van der Waals surface area contributed by atoms with Gasteiger partial charge in [-0.05, 0) is 42.8 Å². The second-order valence-corrected chi connectivity index (χ2v) is 12.4. The van der Waals surface area contributed by atoms with E-state index >= 15 is 0 Å². The van der Waals surface area contributed by atoms with Gasteiger partial charge in [-0.15, -0.1) is 11.3 Å². The van der Waals surface area contributed by atoms with Crippen LogP contribution in [-0.4, -0.2) is 51.9 Å². The monoisotopic (exact) mass is 495 g/mol. The van der Waals surface area contributed by atoms with Crippen molar-refractivity contribution in [1.29, 1.82) is 0 Å². The number of nitrogens with one attached hydrogen (secondary N) is 2. The zero-order valence-electron chi connectivity index (χ0n) is 16.9. The highest BCUT2D eigenvalue weighted by Gasteiger charge is 2.31. The zero-order chi connectivity index (χ0) is 22.8. The highest BCUT2D eigenvalue weighted by molar-refractivity contribution is 7.92. The van der Waals surface area contributed by atoms with Gasteiger partial charge in [0.15, 0.2) is 9.84 Å². The van der Waals surface area contributed by atoms with E-state index in [0.29, 0.717) is 5.69 Å². The van der Waals surface area contributed by atoms with E-state index in [2.05, 4.69) is 15.0 Å². The van der Waals surface area contributed by atoms with Gasteiger partial charge in [0.1, 0.15) is 11.6 Å². The van der Waals surface area contributed by atoms with E-state index in [1.807, 2.05) is 24.3 Å². The summed E-state index contributed by atoms with van der Waals surface area (Å²) in [7, 11) is -7.05. The van der Waals surface area contributed by atoms with Crippen LogP contribution in [0.25, 0.3) is 10.2 Å². The molecule has 32 heavy (non-hydrogen) atoms. The summed E-state index contributed by atoms with van der Waals surface area (Å²) >= 11 is 1.50. The van der Waals surface area contributed by atoms with Crippen LogP contribution in [0.2, 0.25) is 0 Å². The Kier molecular flexibility index (Phi) is 6.58. The number of para-hydroxylation sites is 1. The van der Waals surface area contributed by atoms with Crippen molar-refractivity contribution in [1.82, 2.24) is 9.71 Å². The average Bonchev–Trinajstić information content (AvgIpc) is 3.29. The quantitative estimate of drug-likeness (QED) is 0.488. The van der Waals surface area contributed by atoms with E-state index < -0.39 is 25.9 Å². The molecule has 2 heterocycles. The van der Waals surface area contributed by atoms with Gasteiger partial charge in [0.25, 0.3) is 0 Å². The Bertz CT molecular complexity index is 1300. The molecule has 1 amide bonds. The van der Waals surface area contributed by atoms with Gasteiger partial charge >= 0.3 is 0 Å². The highest BCUT2D eigenvalue weighted by atomic mass is 32.2. The summed E-state index contributed by atoms with van der Waals surface area (Å²) < 4.78 is 56.9. The van der Waals surface area contributed by atoms with E-state index in [1.54, 1.807) is 0 Å². The molecule has 1 atom stereocenters. The molecule has 12 heteroatoms. The van der Waals surface area contributed by atoms with E-state index in [0.717, 1.165) is 15.2 Å². The van der Waals surface area contributed by atoms with Crippen LogP contribution in [0.5, 0.6) is 0 Å². The average molecular weight is 496 g/mol. The molecule has 0 saturated carbocycles. The zero-order valence-corrected chi connectivity index (χ0v) is 19.3. The van der Waals surface area contributed by atoms with Gasteiger partial charge in [0.05, 0.1) is 33.2 Å². The lowest BCUT2D eigenvalue weighted by molar-refractivity contribution is -0.121. The predicted molar refractivity (Wildman–Crippen MR) is 122 cm³/mol. The molecule has 1 aromatic heterocycles.